The van der Waals surface area contributed by atoms with Gasteiger partial charge in [-0.15, -0.1) is 0 Å². The third kappa shape index (κ3) is 1.64. The van der Waals surface area contributed by atoms with Crippen LogP contribution in [0.25, 0.3) is 0 Å². The Labute approximate surface area is 141 Å². The summed E-state index contributed by atoms with van der Waals surface area (Å²) in [6.07, 6.45) is 3.29. The van der Waals surface area contributed by atoms with Crippen LogP contribution in [0, 0.1) is 28.6 Å². The lowest BCUT2D eigenvalue weighted by Gasteiger charge is -2.45. The van der Waals surface area contributed by atoms with Crippen LogP contribution in [0.2, 0.25) is 0 Å². The van der Waals surface area contributed by atoms with Crippen molar-refractivity contribution in [3.8, 4) is 0 Å². The summed E-state index contributed by atoms with van der Waals surface area (Å²) in [5.41, 5.74) is 1.43. The molecule has 0 amide bonds. The number of hydrogen-bond donors (Lipinski definition) is 3. The molecule has 4 aliphatic carbocycles. The SMILES string of the molecule is C=C1CC23CC1CCC2=C1CCC(O)C(C)(C(=O)O)C1C3C(=O)O. The van der Waals surface area contributed by atoms with Crippen LogP contribution >= 0.6 is 0 Å². The normalized spacial score (nSPS) is 46.7. The quantitative estimate of drug-likeness (QED) is 0.676. The molecule has 0 aromatic carbocycles. The van der Waals surface area contributed by atoms with E-state index in [1.807, 2.05) is 0 Å². The minimum Gasteiger partial charge on any atom is -0.481 e. The molecule has 3 fully saturated rings. The number of carbonyl (C=O) groups is 2. The molecule has 4 rings (SSSR count). The Balaban J connectivity index is 1.94. The minimum atomic E-state index is -1.44. The zero-order chi connectivity index (χ0) is 17.4. The molecule has 2 bridgehead atoms. The number of carboxylic acid groups (broad SMARTS) is 2. The standard InChI is InChI=1S/C19H24O5/c1-9-7-19-8-10(9)3-5-12(19)11-4-6-13(20)18(2,17(23)24)14(11)15(19)16(21)22/h10,13-15,20H,1,3-8H2,2H3,(H,21,22)(H,23,24). The van der Waals surface area contributed by atoms with Crippen molar-refractivity contribution in [3.05, 3.63) is 23.3 Å². The maximum atomic E-state index is 12.3. The van der Waals surface area contributed by atoms with E-state index in [-0.39, 0.29) is 0 Å². The van der Waals surface area contributed by atoms with Gasteiger partial charge in [-0.3, -0.25) is 9.59 Å². The molecule has 0 heterocycles. The number of allylic oxidation sites excluding steroid dienone is 3. The lowest BCUT2D eigenvalue weighted by Crippen LogP contribution is -2.53. The first-order valence-electron chi connectivity index (χ1n) is 8.78. The smallest absolute Gasteiger partial charge is 0.312 e. The maximum absolute atomic E-state index is 12.3. The average Bonchev–Trinajstić information content (AvgIpc) is 2.94. The van der Waals surface area contributed by atoms with E-state index < -0.39 is 40.7 Å². The van der Waals surface area contributed by atoms with E-state index in [1.54, 1.807) is 0 Å². The molecule has 3 N–H and O–H groups in total. The van der Waals surface area contributed by atoms with Gasteiger partial charge in [0.1, 0.15) is 0 Å². The Kier molecular flexibility index (Phi) is 3.12. The van der Waals surface area contributed by atoms with E-state index >= 15 is 0 Å². The molecule has 3 saturated carbocycles. The van der Waals surface area contributed by atoms with E-state index in [1.165, 1.54) is 12.5 Å². The Morgan fingerprint density at radius 3 is 2.54 bits per heavy atom. The van der Waals surface area contributed by atoms with Gasteiger partial charge in [0.25, 0.3) is 0 Å². The molecule has 5 nitrogen and oxygen atoms in total. The van der Waals surface area contributed by atoms with Crippen LogP contribution in [0.3, 0.4) is 0 Å². The predicted molar refractivity (Wildman–Crippen MR) is 86.2 cm³/mol. The number of hydrogen-bond acceptors (Lipinski definition) is 3. The van der Waals surface area contributed by atoms with Crippen molar-refractivity contribution in [1.29, 1.82) is 0 Å². The van der Waals surface area contributed by atoms with Crippen LogP contribution in [0.1, 0.15) is 45.4 Å². The molecule has 1 spiro atoms. The lowest BCUT2D eigenvalue weighted by atomic mass is 9.58. The fraction of sp³-hybridized carbons (Fsp3) is 0.684. The number of aliphatic carboxylic acids is 2. The highest BCUT2D eigenvalue weighted by atomic mass is 16.4. The Morgan fingerprint density at radius 1 is 1.21 bits per heavy atom. The van der Waals surface area contributed by atoms with Crippen molar-refractivity contribution in [2.75, 3.05) is 0 Å². The molecule has 0 aromatic heterocycles. The molecule has 24 heavy (non-hydrogen) atoms. The summed E-state index contributed by atoms with van der Waals surface area (Å²) in [5, 5.41) is 30.4. The van der Waals surface area contributed by atoms with E-state index in [9.17, 15) is 24.9 Å². The van der Waals surface area contributed by atoms with Crippen molar-refractivity contribution >= 4 is 11.9 Å². The molecule has 5 heteroatoms. The van der Waals surface area contributed by atoms with Crippen molar-refractivity contribution in [2.24, 2.45) is 28.6 Å². The van der Waals surface area contributed by atoms with Crippen LogP contribution in [-0.4, -0.2) is 33.4 Å². The monoisotopic (exact) mass is 332 g/mol. The van der Waals surface area contributed by atoms with E-state index in [4.69, 9.17) is 0 Å². The van der Waals surface area contributed by atoms with Crippen LogP contribution < -0.4 is 0 Å². The molecule has 0 radical (unpaired) electrons. The van der Waals surface area contributed by atoms with Crippen LogP contribution in [-0.2, 0) is 9.59 Å². The second-order valence-electron chi connectivity index (χ2n) is 8.37. The van der Waals surface area contributed by atoms with Gasteiger partial charge in [0.15, 0.2) is 0 Å². The molecule has 0 aliphatic heterocycles. The number of aliphatic hydroxyl groups excluding tert-OH is 1. The second-order valence-corrected chi connectivity index (χ2v) is 8.37. The summed E-state index contributed by atoms with van der Waals surface area (Å²) in [7, 11) is 0. The van der Waals surface area contributed by atoms with Gasteiger partial charge in [-0.05, 0) is 51.4 Å². The molecule has 0 aromatic rings. The van der Waals surface area contributed by atoms with E-state index in [0.717, 1.165) is 30.4 Å². The highest BCUT2D eigenvalue weighted by molar-refractivity contribution is 5.82. The highest BCUT2D eigenvalue weighted by Crippen LogP contribution is 2.70. The molecule has 4 aliphatic rings. The van der Waals surface area contributed by atoms with Gasteiger partial charge in [-0.1, -0.05) is 23.3 Å². The largest absolute Gasteiger partial charge is 0.481 e. The Morgan fingerprint density at radius 2 is 1.92 bits per heavy atom. The van der Waals surface area contributed by atoms with Gasteiger partial charge in [0, 0.05) is 11.3 Å². The van der Waals surface area contributed by atoms with E-state index in [0.29, 0.717) is 25.2 Å². The molecular formula is C19H24O5. The van der Waals surface area contributed by atoms with Crippen molar-refractivity contribution in [1.82, 2.24) is 0 Å². The molecule has 0 saturated heterocycles. The highest BCUT2D eigenvalue weighted by Gasteiger charge is 2.68. The summed E-state index contributed by atoms with van der Waals surface area (Å²) in [5.74, 6) is -3.04. The first-order valence-corrected chi connectivity index (χ1v) is 8.78. The topological polar surface area (TPSA) is 94.8 Å². The lowest BCUT2D eigenvalue weighted by molar-refractivity contribution is -0.169. The van der Waals surface area contributed by atoms with Crippen molar-refractivity contribution in [3.63, 3.8) is 0 Å². The molecular weight excluding hydrogens is 308 g/mol. The van der Waals surface area contributed by atoms with Crippen LogP contribution in [0.15, 0.2) is 23.3 Å². The fourth-order valence-corrected chi connectivity index (χ4v) is 6.39. The predicted octanol–water partition coefficient (Wildman–Crippen LogP) is 2.61. The van der Waals surface area contributed by atoms with Gasteiger partial charge >= 0.3 is 11.9 Å². The summed E-state index contributed by atoms with van der Waals surface area (Å²) in [6, 6.07) is 0. The van der Waals surface area contributed by atoms with Gasteiger partial charge in [-0.25, -0.2) is 0 Å². The van der Waals surface area contributed by atoms with Gasteiger partial charge < -0.3 is 15.3 Å². The number of rotatable bonds is 2. The minimum absolute atomic E-state index is 0.359. The summed E-state index contributed by atoms with van der Waals surface area (Å²) in [6.45, 7) is 5.71. The molecule has 6 unspecified atom stereocenters. The van der Waals surface area contributed by atoms with Crippen LogP contribution in [0.4, 0.5) is 0 Å². The van der Waals surface area contributed by atoms with Gasteiger partial charge in [0.05, 0.1) is 17.4 Å². The van der Waals surface area contributed by atoms with Gasteiger partial charge in [0.2, 0.25) is 0 Å². The number of carboxylic acids is 2. The zero-order valence-corrected chi connectivity index (χ0v) is 13.9. The van der Waals surface area contributed by atoms with Crippen molar-refractivity contribution < 1.29 is 24.9 Å². The fourth-order valence-electron chi connectivity index (χ4n) is 6.39. The summed E-state index contributed by atoms with van der Waals surface area (Å²) >= 11 is 0. The zero-order valence-electron chi connectivity index (χ0n) is 13.9. The maximum Gasteiger partial charge on any atom is 0.312 e. The first kappa shape index (κ1) is 15.9. The van der Waals surface area contributed by atoms with Crippen LogP contribution in [0.5, 0.6) is 0 Å². The third-order valence-electron chi connectivity index (χ3n) is 7.52. The summed E-state index contributed by atoms with van der Waals surface area (Å²) < 4.78 is 0. The average molecular weight is 332 g/mol. The Hall–Kier alpha value is -1.62. The second kappa shape index (κ2) is 4.72. The van der Waals surface area contributed by atoms with Crippen molar-refractivity contribution in [2.45, 2.75) is 51.6 Å². The molecule has 6 atom stereocenters. The summed E-state index contributed by atoms with van der Waals surface area (Å²) in [4.78, 5) is 24.4. The van der Waals surface area contributed by atoms with E-state index in [2.05, 4.69) is 6.58 Å². The first-order chi connectivity index (χ1) is 11.2. The number of aliphatic hydroxyl groups is 1. The molecule has 130 valence electrons. The third-order valence-corrected chi connectivity index (χ3v) is 7.52. The number of fused-ring (bicyclic) bond motifs is 2. The Bertz CT molecular complexity index is 692. The van der Waals surface area contributed by atoms with Gasteiger partial charge in [-0.2, -0.15) is 0 Å².